The van der Waals surface area contributed by atoms with Crippen LogP contribution in [0.1, 0.15) is 28.4 Å². The van der Waals surface area contributed by atoms with Crippen LogP contribution >= 0.6 is 22.6 Å². The topological polar surface area (TPSA) is 47.6 Å². The van der Waals surface area contributed by atoms with Gasteiger partial charge in [-0.25, -0.2) is 0 Å². The van der Waals surface area contributed by atoms with E-state index in [-0.39, 0.29) is 11.8 Å². The molecule has 0 fully saturated rings. The molecule has 4 aromatic rings. The molecule has 1 unspecified atom stereocenters. The number of fused-ring (bicyclic) bond motifs is 1. The molecule has 1 N–H and O–H groups in total. The van der Waals surface area contributed by atoms with E-state index in [1.54, 1.807) is 14.2 Å². The Balaban J connectivity index is 1.66. The second-order valence-corrected chi connectivity index (χ2v) is 8.75. The Morgan fingerprint density at radius 2 is 1.56 bits per heavy atom. The molecule has 162 valence electrons. The molecule has 0 heterocycles. The van der Waals surface area contributed by atoms with Crippen LogP contribution in [0.15, 0.2) is 84.9 Å². The van der Waals surface area contributed by atoms with Crippen LogP contribution in [-0.2, 0) is 0 Å². The van der Waals surface area contributed by atoms with E-state index in [0.717, 1.165) is 25.6 Å². The fourth-order valence-electron chi connectivity index (χ4n) is 3.74. The van der Waals surface area contributed by atoms with Gasteiger partial charge in [-0.05, 0) is 81.4 Å². The van der Waals surface area contributed by atoms with Crippen molar-refractivity contribution >= 4 is 44.8 Å². The molecule has 4 aromatic carbocycles. The summed E-state index contributed by atoms with van der Waals surface area (Å²) in [6.07, 6.45) is 0.305. The third-order valence-corrected chi connectivity index (χ3v) is 6.18. The summed E-state index contributed by atoms with van der Waals surface area (Å²) in [7, 11) is 3.23. The van der Waals surface area contributed by atoms with Crippen molar-refractivity contribution in [2.75, 3.05) is 19.5 Å². The first kappa shape index (κ1) is 22.1. The lowest BCUT2D eigenvalue weighted by Gasteiger charge is -2.21. The summed E-state index contributed by atoms with van der Waals surface area (Å²) in [6.45, 7) is 0. The second-order valence-electron chi connectivity index (χ2n) is 7.51. The Labute approximate surface area is 201 Å². The smallest absolute Gasteiger partial charge is 0.165 e. The van der Waals surface area contributed by atoms with Gasteiger partial charge in [0.1, 0.15) is 0 Å². The molecular weight excluding hydrogens is 513 g/mol. The number of rotatable bonds is 8. The number of anilines is 1. The van der Waals surface area contributed by atoms with Crippen LogP contribution in [0.25, 0.3) is 10.8 Å². The zero-order valence-electron chi connectivity index (χ0n) is 18.0. The van der Waals surface area contributed by atoms with Crippen molar-refractivity contribution in [3.63, 3.8) is 0 Å². The van der Waals surface area contributed by atoms with Gasteiger partial charge in [-0.1, -0.05) is 42.5 Å². The monoisotopic (exact) mass is 537 g/mol. The summed E-state index contributed by atoms with van der Waals surface area (Å²) in [5, 5.41) is 5.71. The molecule has 32 heavy (non-hydrogen) atoms. The van der Waals surface area contributed by atoms with Gasteiger partial charge in [0.15, 0.2) is 17.3 Å². The number of hydrogen-bond donors (Lipinski definition) is 1. The van der Waals surface area contributed by atoms with Crippen molar-refractivity contribution in [2.24, 2.45) is 0 Å². The molecule has 0 aliphatic carbocycles. The zero-order valence-corrected chi connectivity index (χ0v) is 20.1. The lowest BCUT2D eigenvalue weighted by atomic mass is 9.96. The normalized spacial score (nSPS) is 11.7. The van der Waals surface area contributed by atoms with Gasteiger partial charge in [-0.2, -0.15) is 0 Å². The van der Waals surface area contributed by atoms with Gasteiger partial charge in [0, 0.05) is 21.2 Å². The van der Waals surface area contributed by atoms with Gasteiger partial charge in [-0.3, -0.25) is 4.79 Å². The summed E-state index contributed by atoms with van der Waals surface area (Å²) >= 11 is 2.28. The van der Waals surface area contributed by atoms with Crippen molar-refractivity contribution < 1.29 is 14.3 Å². The van der Waals surface area contributed by atoms with Crippen LogP contribution in [0.2, 0.25) is 0 Å². The highest BCUT2D eigenvalue weighted by atomic mass is 127. The number of methoxy groups -OCH3 is 2. The molecule has 4 rings (SSSR count). The van der Waals surface area contributed by atoms with Crippen LogP contribution in [-0.4, -0.2) is 20.0 Å². The minimum absolute atomic E-state index is 0.0774. The number of halogens is 1. The molecule has 0 spiro atoms. The highest BCUT2D eigenvalue weighted by Crippen LogP contribution is 2.33. The van der Waals surface area contributed by atoms with E-state index in [1.165, 1.54) is 0 Å². The standard InChI is InChI=1S/C27H24INO3/c1-31-26-14-9-20(16-27(26)32-2)24(29-23-12-10-22(28)11-13-23)17-25(30)21-8-7-18-5-3-4-6-19(18)15-21/h3-16,24,29H,17H2,1-2H3. The first-order valence-corrected chi connectivity index (χ1v) is 11.4. The minimum atomic E-state index is -0.228. The molecule has 0 radical (unpaired) electrons. The molecule has 1 atom stereocenters. The molecule has 0 saturated heterocycles. The third-order valence-electron chi connectivity index (χ3n) is 5.46. The van der Waals surface area contributed by atoms with Crippen LogP contribution < -0.4 is 14.8 Å². The molecule has 0 saturated carbocycles. The largest absolute Gasteiger partial charge is 0.493 e. The van der Waals surface area contributed by atoms with Gasteiger partial charge in [0.25, 0.3) is 0 Å². The van der Waals surface area contributed by atoms with E-state index >= 15 is 0 Å². The predicted molar refractivity (Wildman–Crippen MR) is 138 cm³/mol. The third kappa shape index (κ3) is 5.05. The first-order chi connectivity index (χ1) is 15.6. The summed E-state index contributed by atoms with van der Waals surface area (Å²) in [5.41, 5.74) is 2.62. The van der Waals surface area contributed by atoms with Crippen LogP contribution in [0, 0.1) is 3.57 Å². The molecule has 5 heteroatoms. The van der Waals surface area contributed by atoms with E-state index in [4.69, 9.17) is 9.47 Å². The Hall–Kier alpha value is -3.06. The lowest BCUT2D eigenvalue weighted by molar-refractivity contribution is 0.0976. The summed E-state index contributed by atoms with van der Waals surface area (Å²) in [6, 6.07) is 27.6. The summed E-state index contributed by atoms with van der Waals surface area (Å²) in [5.74, 6) is 1.37. The molecule has 0 aliphatic rings. The number of carbonyl (C=O) groups excluding carboxylic acids is 1. The molecule has 0 amide bonds. The highest BCUT2D eigenvalue weighted by Gasteiger charge is 2.19. The van der Waals surface area contributed by atoms with Gasteiger partial charge in [0.05, 0.1) is 20.3 Å². The fourth-order valence-corrected chi connectivity index (χ4v) is 4.09. The molecule has 0 aromatic heterocycles. The number of benzene rings is 4. The maximum absolute atomic E-state index is 13.3. The summed E-state index contributed by atoms with van der Waals surface area (Å²) < 4.78 is 12.0. The quantitative estimate of drug-likeness (QED) is 0.197. The lowest BCUT2D eigenvalue weighted by Crippen LogP contribution is -2.16. The van der Waals surface area contributed by atoms with Crippen molar-refractivity contribution in [2.45, 2.75) is 12.5 Å². The van der Waals surface area contributed by atoms with Gasteiger partial charge >= 0.3 is 0 Å². The van der Waals surface area contributed by atoms with E-state index in [1.807, 2.05) is 84.9 Å². The SMILES string of the molecule is COc1ccc(C(CC(=O)c2ccc3ccccc3c2)Nc2ccc(I)cc2)cc1OC. The highest BCUT2D eigenvalue weighted by molar-refractivity contribution is 14.1. The Morgan fingerprint density at radius 3 is 2.28 bits per heavy atom. The Morgan fingerprint density at radius 1 is 0.844 bits per heavy atom. The number of hydrogen-bond acceptors (Lipinski definition) is 4. The van der Waals surface area contributed by atoms with Gasteiger partial charge in [-0.15, -0.1) is 0 Å². The number of carbonyl (C=O) groups is 1. The maximum atomic E-state index is 13.3. The van der Waals surface area contributed by atoms with Crippen molar-refractivity contribution in [1.29, 1.82) is 0 Å². The van der Waals surface area contributed by atoms with Crippen LogP contribution in [0.4, 0.5) is 5.69 Å². The van der Waals surface area contributed by atoms with E-state index in [2.05, 4.69) is 27.9 Å². The number of nitrogens with one attached hydrogen (secondary N) is 1. The molecule has 0 bridgehead atoms. The maximum Gasteiger partial charge on any atom is 0.165 e. The molecule has 0 aliphatic heterocycles. The van der Waals surface area contributed by atoms with E-state index in [0.29, 0.717) is 23.5 Å². The van der Waals surface area contributed by atoms with Crippen molar-refractivity contribution in [3.8, 4) is 11.5 Å². The molecule has 4 nitrogen and oxygen atoms in total. The number of ketones is 1. The van der Waals surface area contributed by atoms with E-state index in [9.17, 15) is 4.79 Å². The van der Waals surface area contributed by atoms with Gasteiger partial charge < -0.3 is 14.8 Å². The fraction of sp³-hybridized carbons (Fsp3) is 0.148. The number of ether oxygens (including phenoxy) is 2. The van der Waals surface area contributed by atoms with Gasteiger partial charge in [0.2, 0.25) is 0 Å². The molecular formula is C27H24INO3. The number of Topliss-reactive ketones (excluding diaryl/α,β-unsaturated/α-hetero) is 1. The Kier molecular flexibility index (Phi) is 6.95. The van der Waals surface area contributed by atoms with Crippen molar-refractivity contribution in [3.05, 3.63) is 99.6 Å². The second kappa shape index (κ2) is 10.0. The first-order valence-electron chi connectivity index (χ1n) is 10.3. The average Bonchev–Trinajstić information content (AvgIpc) is 2.84. The zero-order chi connectivity index (χ0) is 22.5. The van der Waals surface area contributed by atoms with Crippen molar-refractivity contribution in [1.82, 2.24) is 0 Å². The minimum Gasteiger partial charge on any atom is -0.493 e. The average molecular weight is 537 g/mol. The summed E-state index contributed by atoms with van der Waals surface area (Å²) in [4.78, 5) is 13.3. The van der Waals surface area contributed by atoms with Crippen LogP contribution in [0.3, 0.4) is 0 Å². The predicted octanol–water partition coefficient (Wildman–Crippen LogP) is 6.89. The van der Waals surface area contributed by atoms with Crippen LogP contribution in [0.5, 0.6) is 11.5 Å². The van der Waals surface area contributed by atoms with E-state index < -0.39 is 0 Å². The Bertz CT molecular complexity index is 1240.